The van der Waals surface area contributed by atoms with Crippen LogP contribution >= 0.6 is 11.6 Å². The molecule has 1 saturated heterocycles. The molecule has 1 N–H and O–H groups in total. The number of carbonyl (C=O) groups excluding carboxylic acids is 2. The number of amides is 2. The Kier molecular flexibility index (Phi) is 6.01. The number of nitrogens with one attached hydrogen (secondary N) is 1. The molecular formula is C21H23ClN2O3. The van der Waals surface area contributed by atoms with E-state index >= 15 is 0 Å². The van der Waals surface area contributed by atoms with Gasteiger partial charge in [-0.25, -0.2) is 0 Å². The molecule has 1 aliphatic heterocycles. The fourth-order valence-electron chi connectivity index (χ4n) is 3.05. The minimum Gasteiger partial charge on any atom is -0.494 e. The van der Waals surface area contributed by atoms with Crippen LogP contribution in [0.2, 0.25) is 5.02 Å². The predicted molar refractivity (Wildman–Crippen MR) is 108 cm³/mol. The zero-order valence-electron chi connectivity index (χ0n) is 15.5. The maximum Gasteiger partial charge on any atom is 0.229 e. The van der Waals surface area contributed by atoms with Gasteiger partial charge in [0.2, 0.25) is 11.8 Å². The Morgan fingerprint density at radius 3 is 2.70 bits per heavy atom. The molecule has 0 aliphatic carbocycles. The summed E-state index contributed by atoms with van der Waals surface area (Å²) in [4.78, 5) is 26.7. The molecule has 3 rings (SSSR count). The molecule has 1 aliphatic rings. The summed E-state index contributed by atoms with van der Waals surface area (Å²) in [5, 5.41) is 3.49. The number of nitrogens with zero attached hydrogens (tertiary/aromatic N) is 1. The van der Waals surface area contributed by atoms with Crippen molar-refractivity contribution in [3.63, 3.8) is 0 Å². The van der Waals surface area contributed by atoms with Crippen molar-refractivity contribution in [3.8, 4) is 5.75 Å². The molecule has 2 amide bonds. The molecule has 2 aromatic rings. The number of benzene rings is 2. The van der Waals surface area contributed by atoms with Crippen molar-refractivity contribution in [2.45, 2.75) is 26.7 Å². The molecule has 2 aromatic carbocycles. The molecule has 0 saturated carbocycles. The summed E-state index contributed by atoms with van der Waals surface area (Å²) >= 11 is 6.10. The van der Waals surface area contributed by atoms with Crippen LogP contribution in [-0.4, -0.2) is 25.0 Å². The molecule has 0 aromatic heterocycles. The van der Waals surface area contributed by atoms with Crippen molar-refractivity contribution in [1.82, 2.24) is 0 Å². The van der Waals surface area contributed by atoms with E-state index in [1.54, 1.807) is 17.0 Å². The summed E-state index contributed by atoms with van der Waals surface area (Å²) in [7, 11) is 0. The standard InChI is InChI=1S/C21H23ClN2O3/c1-3-11-27-17-9-7-16(8-10-17)24-13-15(12-20(24)25)21(26)23-19-6-4-5-18(22)14(19)2/h4-10,15H,3,11-13H2,1-2H3,(H,23,26). The number of rotatable bonds is 6. The Hall–Kier alpha value is -2.53. The van der Waals surface area contributed by atoms with Crippen LogP contribution in [0.5, 0.6) is 5.75 Å². The van der Waals surface area contributed by atoms with Gasteiger partial charge < -0.3 is 15.0 Å². The highest BCUT2D eigenvalue weighted by Gasteiger charge is 2.35. The van der Waals surface area contributed by atoms with Crippen LogP contribution in [0.1, 0.15) is 25.3 Å². The molecule has 142 valence electrons. The predicted octanol–water partition coefficient (Wildman–Crippen LogP) is 4.43. The largest absolute Gasteiger partial charge is 0.494 e. The van der Waals surface area contributed by atoms with E-state index in [1.807, 2.05) is 44.2 Å². The topological polar surface area (TPSA) is 58.6 Å². The average molecular weight is 387 g/mol. The molecule has 1 unspecified atom stereocenters. The van der Waals surface area contributed by atoms with E-state index in [0.717, 1.165) is 23.4 Å². The number of anilines is 2. The Morgan fingerprint density at radius 1 is 1.26 bits per heavy atom. The Morgan fingerprint density at radius 2 is 2.00 bits per heavy atom. The van der Waals surface area contributed by atoms with Crippen molar-refractivity contribution in [1.29, 1.82) is 0 Å². The van der Waals surface area contributed by atoms with E-state index in [1.165, 1.54) is 0 Å². The first-order chi connectivity index (χ1) is 13.0. The number of hydrogen-bond donors (Lipinski definition) is 1. The summed E-state index contributed by atoms with van der Waals surface area (Å²) in [6, 6.07) is 12.8. The molecule has 5 nitrogen and oxygen atoms in total. The van der Waals surface area contributed by atoms with Crippen molar-refractivity contribution < 1.29 is 14.3 Å². The minimum atomic E-state index is -0.396. The Balaban J connectivity index is 1.66. The van der Waals surface area contributed by atoms with Crippen LogP contribution in [0.15, 0.2) is 42.5 Å². The third-order valence-electron chi connectivity index (χ3n) is 4.64. The molecule has 6 heteroatoms. The lowest BCUT2D eigenvalue weighted by Gasteiger charge is -2.17. The van der Waals surface area contributed by atoms with Crippen LogP contribution in [-0.2, 0) is 9.59 Å². The van der Waals surface area contributed by atoms with Gasteiger partial charge in [0.25, 0.3) is 0 Å². The maximum atomic E-state index is 12.6. The quantitative estimate of drug-likeness (QED) is 0.799. The number of halogens is 1. The Labute approximate surface area is 164 Å². The van der Waals surface area contributed by atoms with Gasteiger partial charge in [-0.05, 0) is 55.3 Å². The molecule has 27 heavy (non-hydrogen) atoms. The highest BCUT2D eigenvalue weighted by molar-refractivity contribution is 6.31. The van der Waals surface area contributed by atoms with E-state index in [4.69, 9.17) is 16.3 Å². The number of ether oxygens (including phenoxy) is 1. The van der Waals surface area contributed by atoms with E-state index in [9.17, 15) is 9.59 Å². The fourth-order valence-corrected chi connectivity index (χ4v) is 3.23. The van der Waals surface area contributed by atoms with Crippen LogP contribution in [0, 0.1) is 12.8 Å². The number of hydrogen-bond acceptors (Lipinski definition) is 3. The second-order valence-electron chi connectivity index (χ2n) is 6.65. The van der Waals surface area contributed by atoms with Crippen LogP contribution in [0.4, 0.5) is 11.4 Å². The third kappa shape index (κ3) is 4.42. The van der Waals surface area contributed by atoms with Crippen LogP contribution < -0.4 is 15.0 Å². The minimum absolute atomic E-state index is 0.0554. The first-order valence-corrected chi connectivity index (χ1v) is 9.46. The zero-order valence-corrected chi connectivity index (χ0v) is 16.3. The van der Waals surface area contributed by atoms with E-state index < -0.39 is 5.92 Å². The lowest BCUT2D eigenvalue weighted by Crippen LogP contribution is -2.28. The van der Waals surface area contributed by atoms with Gasteiger partial charge in [-0.15, -0.1) is 0 Å². The van der Waals surface area contributed by atoms with Crippen molar-refractivity contribution in [2.24, 2.45) is 5.92 Å². The lowest BCUT2D eigenvalue weighted by molar-refractivity contribution is -0.122. The molecule has 1 atom stereocenters. The normalized spacial score (nSPS) is 16.5. The maximum absolute atomic E-state index is 12.6. The van der Waals surface area contributed by atoms with Gasteiger partial charge >= 0.3 is 0 Å². The zero-order chi connectivity index (χ0) is 19.4. The van der Waals surface area contributed by atoms with Gasteiger partial charge in [-0.1, -0.05) is 24.6 Å². The second kappa shape index (κ2) is 8.44. The summed E-state index contributed by atoms with van der Waals surface area (Å²) < 4.78 is 5.57. The van der Waals surface area contributed by atoms with Gasteiger partial charge in [0, 0.05) is 29.4 Å². The summed E-state index contributed by atoms with van der Waals surface area (Å²) in [5.74, 6) is 0.157. The average Bonchev–Trinajstić information content (AvgIpc) is 3.06. The first kappa shape index (κ1) is 19.2. The molecule has 0 radical (unpaired) electrons. The molecule has 0 spiro atoms. The molecular weight excluding hydrogens is 364 g/mol. The molecule has 1 fully saturated rings. The highest BCUT2D eigenvalue weighted by Crippen LogP contribution is 2.29. The molecule has 1 heterocycles. The summed E-state index contributed by atoms with van der Waals surface area (Å²) in [6.45, 7) is 4.92. The SMILES string of the molecule is CCCOc1ccc(N2CC(C(=O)Nc3cccc(Cl)c3C)CC2=O)cc1. The lowest BCUT2D eigenvalue weighted by atomic mass is 10.1. The Bertz CT molecular complexity index is 836. The number of carbonyl (C=O) groups is 2. The summed E-state index contributed by atoms with van der Waals surface area (Å²) in [5.41, 5.74) is 2.27. The van der Waals surface area contributed by atoms with Gasteiger partial charge in [-0.3, -0.25) is 9.59 Å². The van der Waals surface area contributed by atoms with Crippen molar-refractivity contribution >= 4 is 34.8 Å². The van der Waals surface area contributed by atoms with Gasteiger partial charge in [0.05, 0.1) is 12.5 Å². The van der Waals surface area contributed by atoms with Crippen molar-refractivity contribution in [2.75, 3.05) is 23.4 Å². The van der Waals surface area contributed by atoms with Gasteiger partial charge in [0.15, 0.2) is 0 Å². The third-order valence-corrected chi connectivity index (χ3v) is 5.05. The summed E-state index contributed by atoms with van der Waals surface area (Å²) in [6.07, 6.45) is 1.13. The van der Waals surface area contributed by atoms with E-state index in [-0.39, 0.29) is 18.2 Å². The fraction of sp³-hybridized carbons (Fsp3) is 0.333. The highest BCUT2D eigenvalue weighted by atomic mass is 35.5. The van der Waals surface area contributed by atoms with Gasteiger partial charge in [-0.2, -0.15) is 0 Å². The monoisotopic (exact) mass is 386 g/mol. The van der Waals surface area contributed by atoms with E-state index in [2.05, 4.69) is 5.32 Å². The molecule has 0 bridgehead atoms. The first-order valence-electron chi connectivity index (χ1n) is 9.08. The van der Waals surface area contributed by atoms with Gasteiger partial charge in [0.1, 0.15) is 5.75 Å². The van der Waals surface area contributed by atoms with E-state index in [0.29, 0.717) is 23.9 Å². The van der Waals surface area contributed by atoms with Crippen molar-refractivity contribution in [3.05, 3.63) is 53.1 Å². The second-order valence-corrected chi connectivity index (χ2v) is 7.06. The van der Waals surface area contributed by atoms with Crippen LogP contribution in [0.25, 0.3) is 0 Å². The smallest absolute Gasteiger partial charge is 0.229 e. The van der Waals surface area contributed by atoms with Crippen LogP contribution in [0.3, 0.4) is 0 Å².